The zero-order chi connectivity index (χ0) is 16.8. The Morgan fingerprint density at radius 1 is 1.04 bits per heavy atom. The predicted octanol–water partition coefficient (Wildman–Crippen LogP) is 4.65. The van der Waals surface area contributed by atoms with Gasteiger partial charge >= 0.3 is 0 Å². The minimum absolute atomic E-state index is 0.0157. The van der Waals surface area contributed by atoms with Crippen molar-refractivity contribution in [1.29, 1.82) is 0 Å². The predicted molar refractivity (Wildman–Crippen MR) is 101 cm³/mol. The Bertz CT molecular complexity index is 635. The third-order valence-electron chi connectivity index (χ3n) is 4.70. The van der Waals surface area contributed by atoms with E-state index in [9.17, 15) is 4.79 Å². The van der Waals surface area contributed by atoms with Gasteiger partial charge in [-0.15, -0.1) is 11.8 Å². The minimum Gasteiger partial charge on any atom is -0.342 e. The van der Waals surface area contributed by atoms with Crippen molar-refractivity contribution in [1.82, 2.24) is 4.90 Å². The van der Waals surface area contributed by atoms with Crippen molar-refractivity contribution in [3.8, 4) is 0 Å². The van der Waals surface area contributed by atoms with Crippen LogP contribution in [0.15, 0.2) is 65.6 Å². The molecule has 1 atom stereocenters. The summed E-state index contributed by atoms with van der Waals surface area (Å²) >= 11 is 1.66. The van der Waals surface area contributed by atoms with E-state index < -0.39 is 0 Å². The number of hydrogen-bond donors (Lipinski definition) is 0. The lowest BCUT2D eigenvalue weighted by Crippen LogP contribution is -2.42. The highest BCUT2D eigenvalue weighted by molar-refractivity contribution is 8.00. The zero-order valence-corrected chi connectivity index (χ0v) is 15.0. The van der Waals surface area contributed by atoms with E-state index in [4.69, 9.17) is 0 Å². The van der Waals surface area contributed by atoms with Gasteiger partial charge in [-0.25, -0.2) is 0 Å². The van der Waals surface area contributed by atoms with Crippen LogP contribution in [0.2, 0.25) is 0 Å². The fraction of sp³-hybridized carbons (Fsp3) is 0.381. The number of nitrogens with zero attached hydrogens (tertiary/aromatic N) is 1. The molecule has 0 saturated carbocycles. The van der Waals surface area contributed by atoms with Gasteiger partial charge in [0, 0.05) is 18.0 Å². The molecule has 1 aliphatic heterocycles. The van der Waals surface area contributed by atoms with Gasteiger partial charge in [0.1, 0.15) is 0 Å². The molecule has 1 heterocycles. The Kier molecular flexibility index (Phi) is 5.97. The van der Waals surface area contributed by atoms with Gasteiger partial charge in [-0.3, -0.25) is 4.79 Å². The van der Waals surface area contributed by atoms with E-state index in [1.54, 1.807) is 11.8 Å². The second-order valence-corrected chi connectivity index (χ2v) is 7.95. The van der Waals surface area contributed by atoms with Crippen LogP contribution in [0.5, 0.6) is 0 Å². The molecule has 1 amide bonds. The van der Waals surface area contributed by atoms with Crippen LogP contribution in [0.4, 0.5) is 0 Å². The molecule has 0 aliphatic carbocycles. The molecule has 0 radical (unpaired) electrons. The number of benzene rings is 2. The third-order valence-corrected chi connectivity index (χ3v) is 5.80. The number of piperidine rings is 1. The van der Waals surface area contributed by atoms with Crippen molar-refractivity contribution in [2.45, 2.75) is 36.3 Å². The molecule has 0 N–H and O–H groups in total. The van der Waals surface area contributed by atoms with Gasteiger partial charge in [-0.1, -0.05) is 48.5 Å². The maximum atomic E-state index is 12.7. The van der Waals surface area contributed by atoms with Crippen molar-refractivity contribution < 1.29 is 4.79 Å². The average Bonchev–Trinajstić information content (AvgIpc) is 2.63. The van der Waals surface area contributed by atoms with E-state index in [1.165, 1.54) is 5.56 Å². The third kappa shape index (κ3) is 4.64. The van der Waals surface area contributed by atoms with Crippen LogP contribution in [-0.4, -0.2) is 29.1 Å². The Balaban J connectivity index is 1.48. The molecule has 2 aromatic rings. The average molecular weight is 340 g/mol. The van der Waals surface area contributed by atoms with Crippen LogP contribution in [-0.2, 0) is 11.2 Å². The van der Waals surface area contributed by atoms with E-state index in [2.05, 4.69) is 47.4 Å². The van der Waals surface area contributed by atoms with Crippen molar-refractivity contribution >= 4 is 17.7 Å². The van der Waals surface area contributed by atoms with Crippen molar-refractivity contribution in [3.63, 3.8) is 0 Å². The van der Waals surface area contributed by atoms with Crippen LogP contribution in [0.25, 0.3) is 0 Å². The summed E-state index contributed by atoms with van der Waals surface area (Å²) in [4.78, 5) is 15.9. The fourth-order valence-corrected chi connectivity index (χ4v) is 4.29. The molecule has 1 unspecified atom stereocenters. The molecule has 0 spiro atoms. The molecule has 1 saturated heterocycles. The Hall–Kier alpha value is -1.74. The van der Waals surface area contributed by atoms with E-state index in [1.807, 2.05) is 25.1 Å². The van der Waals surface area contributed by atoms with Gasteiger partial charge in [0.05, 0.1) is 5.25 Å². The SMILES string of the molecule is CC(Sc1ccccc1)C(=O)N1CCC(Cc2ccccc2)CC1. The molecule has 3 heteroatoms. The summed E-state index contributed by atoms with van der Waals surface area (Å²) in [6.45, 7) is 3.82. The molecule has 2 aromatic carbocycles. The van der Waals surface area contributed by atoms with Crippen molar-refractivity contribution in [2.24, 2.45) is 5.92 Å². The summed E-state index contributed by atoms with van der Waals surface area (Å²) in [5.74, 6) is 0.982. The first-order chi connectivity index (χ1) is 11.7. The molecular weight excluding hydrogens is 314 g/mol. The lowest BCUT2D eigenvalue weighted by atomic mass is 9.90. The van der Waals surface area contributed by atoms with Gasteiger partial charge in [0.25, 0.3) is 0 Å². The van der Waals surface area contributed by atoms with E-state index in [0.29, 0.717) is 5.92 Å². The van der Waals surface area contributed by atoms with Gasteiger partial charge in [-0.05, 0) is 49.8 Å². The topological polar surface area (TPSA) is 20.3 Å². The van der Waals surface area contributed by atoms with Gasteiger partial charge < -0.3 is 4.90 Å². The quantitative estimate of drug-likeness (QED) is 0.739. The second kappa shape index (κ2) is 8.39. The van der Waals surface area contributed by atoms with Crippen LogP contribution >= 0.6 is 11.8 Å². The standard InChI is InChI=1S/C21H25NOS/c1-17(24-20-10-6-3-7-11-20)21(23)22-14-12-19(13-15-22)16-18-8-4-2-5-9-18/h2-11,17,19H,12-16H2,1H3. The zero-order valence-electron chi connectivity index (χ0n) is 14.2. The second-order valence-electron chi connectivity index (χ2n) is 6.53. The highest BCUT2D eigenvalue weighted by atomic mass is 32.2. The summed E-state index contributed by atoms with van der Waals surface area (Å²) in [5, 5.41) is -0.0157. The Morgan fingerprint density at radius 3 is 2.25 bits per heavy atom. The largest absolute Gasteiger partial charge is 0.342 e. The Labute approximate surface area is 149 Å². The summed E-state index contributed by atoms with van der Waals surface area (Å²) in [7, 11) is 0. The van der Waals surface area contributed by atoms with Gasteiger partial charge in [0.15, 0.2) is 0 Å². The molecule has 0 bridgehead atoms. The summed E-state index contributed by atoms with van der Waals surface area (Å²) in [6, 6.07) is 20.9. The lowest BCUT2D eigenvalue weighted by molar-refractivity contribution is -0.131. The normalized spacial score (nSPS) is 16.8. The van der Waals surface area contributed by atoms with Crippen LogP contribution in [0.1, 0.15) is 25.3 Å². The van der Waals surface area contributed by atoms with Crippen molar-refractivity contribution in [2.75, 3.05) is 13.1 Å². The first-order valence-electron chi connectivity index (χ1n) is 8.77. The number of amides is 1. The molecule has 1 aliphatic rings. The number of carbonyl (C=O) groups excluding carboxylic acids is 1. The molecular formula is C21H25NOS. The highest BCUT2D eigenvalue weighted by Gasteiger charge is 2.26. The summed E-state index contributed by atoms with van der Waals surface area (Å²) in [5.41, 5.74) is 1.41. The molecule has 24 heavy (non-hydrogen) atoms. The van der Waals surface area contributed by atoms with Crippen LogP contribution in [0, 0.1) is 5.92 Å². The van der Waals surface area contributed by atoms with Gasteiger partial charge in [-0.2, -0.15) is 0 Å². The maximum Gasteiger partial charge on any atom is 0.235 e. The molecule has 0 aromatic heterocycles. The number of thioether (sulfide) groups is 1. The molecule has 126 valence electrons. The Morgan fingerprint density at radius 2 is 1.62 bits per heavy atom. The van der Waals surface area contributed by atoms with E-state index >= 15 is 0 Å². The smallest absolute Gasteiger partial charge is 0.235 e. The number of rotatable bonds is 5. The van der Waals surface area contributed by atoms with Gasteiger partial charge in [0.2, 0.25) is 5.91 Å². The summed E-state index contributed by atoms with van der Waals surface area (Å²) in [6.07, 6.45) is 3.36. The number of hydrogen-bond acceptors (Lipinski definition) is 2. The number of carbonyl (C=O) groups is 1. The number of likely N-dealkylation sites (tertiary alicyclic amines) is 1. The molecule has 1 fully saturated rings. The molecule has 2 nitrogen and oxygen atoms in total. The van der Waals surface area contributed by atoms with Crippen molar-refractivity contribution in [3.05, 3.63) is 66.2 Å². The monoisotopic (exact) mass is 339 g/mol. The fourth-order valence-electron chi connectivity index (χ4n) is 3.32. The first-order valence-corrected chi connectivity index (χ1v) is 9.65. The minimum atomic E-state index is -0.0157. The molecule has 3 rings (SSSR count). The van der Waals surface area contributed by atoms with Crippen LogP contribution < -0.4 is 0 Å². The van der Waals surface area contributed by atoms with E-state index in [0.717, 1.165) is 37.2 Å². The lowest BCUT2D eigenvalue weighted by Gasteiger charge is -2.33. The van der Waals surface area contributed by atoms with Crippen LogP contribution in [0.3, 0.4) is 0 Å². The first kappa shape index (κ1) is 17.1. The maximum absolute atomic E-state index is 12.7. The highest BCUT2D eigenvalue weighted by Crippen LogP contribution is 2.27. The summed E-state index contributed by atoms with van der Waals surface area (Å²) < 4.78 is 0. The van der Waals surface area contributed by atoms with E-state index in [-0.39, 0.29) is 11.2 Å².